The van der Waals surface area contributed by atoms with Crippen LogP contribution in [0.4, 0.5) is 0 Å². The minimum atomic E-state index is -1.83. The molecule has 0 aromatic rings. The molecule has 0 aliphatic carbocycles. The molecule has 0 spiro atoms. The fourth-order valence-electron chi connectivity index (χ4n) is 3.98. The molecular formula is C17H27NO8. The number of carbonyl (C=O) groups is 4. The Labute approximate surface area is 151 Å². The van der Waals surface area contributed by atoms with Crippen molar-refractivity contribution in [2.45, 2.75) is 39.2 Å². The van der Waals surface area contributed by atoms with Gasteiger partial charge in [-0.25, -0.2) is 0 Å². The van der Waals surface area contributed by atoms with Gasteiger partial charge in [-0.3, -0.25) is 19.2 Å². The topological polar surface area (TPSA) is 152 Å². The summed E-state index contributed by atoms with van der Waals surface area (Å²) in [6, 6.07) is 0. The maximum Gasteiger partial charge on any atom is 0.308 e. The van der Waals surface area contributed by atoms with Gasteiger partial charge in [-0.1, -0.05) is 6.92 Å². The van der Waals surface area contributed by atoms with E-state index in [4.69, 9.17) is 5.11 Å². The molecule has 9 nitrogen and oxygen atoms in total. The van der Waals surface area contributed by atoms with Gasteiger partial charge in [0, 0.05) is 5.54 Å². The highest BCUT2D eigenvalue weighted by Crippen LogP contribution is 2.44. The smallest absolute Gasteiger partial charge is 0.308 e. The molecule has 1 fully saturated rings. The maximum atomic E-state index is 12.0. The van der Waals surface area contributed by atoms with Gasteiger partial charge in [0.1, 0.15) is 0 Å². The van der Waals surface area contributed by atoms with Crippen molar-refractivity contribution in [1.29, 1.82) is 0 Å². The molecule has 0 saturated carbocycles. The summed E-state index contributed by atoms with van der Waals surface area (Å²) in [4.78, 5) is 48.4. The van der Waals surface area contributed by atoms with Gasteiger partial charge in [0.25, 0.3) is 0 Å². The molecule has 148 valence electrons. The minimum absolute atomic E-state index is 0.233. The summed E-state index contributed by atoms with van der Waals surface area (Å²) in [5.74, 6) is -12.1. The monoisotopic (exact) mass is 373 g/mol. The lowest BCUT2D eigenvalue weighted by Crippen LogP contribution is -2.57. The summed E-state index contributed by atoms with van der Waals surface area (Å²) < 4.78 is 0. The molecule has 0 bridgehead atoms. The zero-order valence-electron chi connectivity index (χ0n) is 15.4. The van der Waals surface area contributed by atoms with E-state index in [0.717, 1.165) is 0 Å². The average Bonchev–Trinajstić information content (AvgIpc) is 2.49. The third-order valence-corrected chi connectivity index (χ3v) is 6.10. The quantitative estimate of drug-likeness (QED) is 0.486. The lowest BCUT2D eigenvalue weighted by molar-refractivity contribution is -0.169. The Morgan fingerprint density at radius 1 is 1.04 bits per heavy atom. The number of nitrogens with zero attached hydrogens (tertiary/aromatic N) is 1. The van der Waals surface area contributed by atoms with Crippen molar-refractivity contribution in [2.24, 2.45) is 29.6 Å². The molecule has 1 aliphatic heterocycles. The molecule has 0 aromatic carbocycles. The van der Waals surface area contributed by atoms with E-state index in [0.29, 0.717) is 13.0 Å². The Balaban J connectivity index is 3.38. The summed E-state index contributed by atoms with van der Waals surface area (Å²) in [5, 5.41) is 37.6. The molecule has 1 rings (SSSR count). The predicted octanol–water partition coefficient (Wildman–Crippen LogP) is 0.930. The number of hydrogen-bond acceptors (Lipinski definition) is 5. The maximum absolute atomic E-state index is 12.0. The average molecular weight is 373 g/mol. The van der Waals surface area contributed by atoms with Crippen molar-refractivity contribution in [1.82, 2.24) is 4.90 Å². The Morgan fingerprint density at radius 2 is 1.58 bits per heavy atom. The van der Waals surface area contributed by atoms with Gasteiger partial charge < -0.3 is 25.3 Å². The number of carboxylic acid groups (broad SMARTS) is 4. The van der Waals surface area contributed by atoms with E-state index in [2.05, 4.69) is 4.90 Å². The van der Waals surface area contributed by atoms with Crippen molar-refractivity contribution < 1.29 is 39.6 Å². The minimum Gasteiger partial charge on any atom is -0.481 e. The van der Waals surface area contributed by atoms with Crippen LogP contribution < -0.4 is 0 Å². The Morgan fingerprint density at radius 3 is 1.96 bits per heavy atom. The second-order valence-electron chi connectivity index (χ2n) is 7.59. The first-order valence-corrected chi connectivity index (χ1v) is 8.43. The standard InChI is InChI=1S/C17H27NO8/c1-8-9(5-6-18(4)17(8,2)3)12(15(23)24)13(16(25)26)10(14(21)22)7-11(19)20/h8-10,12-13H,5-7H2,1-4H3,(H,19,20)(H,21,22)(H,23,24)(H,25,26). The molecule has 26 heavy (non-hydrogen) atoms. The summed E-state index contributed by atoms with van der Waals surface area (Å²) >= 11 is 0. The van der Waals surface area contributed by atoms with Gasteiger partial charge in [-0.15, -0.1) is 0 Å². The number of carboxylic acids is 4. The lowest BCUT2D eigenvalue weighted by Gasteiger charge is -2.51. The normalized spacial score (nSPS) is 26.5. The van der Waals surface area contributed by atoms with Crippen LogP contribution in [-0.2, 0) is 19.2 Å². The summed E-state index contributed by atoms with van der Waals surface area (Å²) in [5.41, 5.74) is -0.412. The fourth-order valence-corrected chi connectivity index (χ4v) is 3.98. The van der Waals surface area contributed by atoms with Gasteiger partial charge >= 0.3 is 23.9 Å². The highest BCUT2D eigenvalue weighted by molar-refractivity contribution is 5.87. The van der Waals surface area contributed by atoms with Crippen LogP contribution in [0.2, 0.25) is 0 Å². The first-order valence-electron chi connectivity index (χ1n) is 8.43. The Bertz CT molecular complexity index is 587. The number of aliphatic carboxylic acids is 4. The van der Waals surface area contributed by atoms with E-state index >= 15 is 0 Å². The second-order valence-corrected chi connectivity index (χ2v) is 7.59. The SMILES string of the molecule is CC1C(C(C(=O)O)C(C(=O)O)C(CC(=O)O)C(=O)O)CCN(C)C1(C)C. The molecule has 9 heteroatoms. The Hall–Kier alpha value is -2.16. The van der Waals surface area contributed by atoms with Crippen LogP contribution in [0.15, 0.2) is 0 Å². The summed E-state index contributed by atoms with van der Waals surface area (Å²) in [6.07, 6.45) is -0.554. The van der Waals surface area contributed by atoms with Crippen LogP contribution in [0.3, 0.4) is 0 Å². The molecule has 4 N–H and O–H groups in total. The number of hydrogen-bond donors (Lipinski definition) is 4. The first kappa shape index (κ1) is 21.9. The summed E-state index contributed by atoms with van der Waals surface area (Å²) in [6.45, 7) is 6.20. The highest BCUT2D eigenvalue weighted by Gasteiger charge is 2.52. The molecule has 5 unspecified atom stereocenters. The van der Waals surface area contributed by atoms with Crippen molar-refractivity contribution in [3.63, 3.8) is 0 Å². The van der Waals surface area contributed by atoms with Crippen LogP contribution in [-0.4, -0.2) is 68.3 Å². The van der Waals surface area contributed by atoms with Crippen molar-refractivity contribution in [3.8, 4) is 0 Å². The van der Waals surface area contributed by atoms with Crippen LogP contribution in [0.5, 0.6) is 0 Å². The van der Waals surface area contributed by atoms with Gasteiger partial charge in [0.2, 0.25) is 0 Å². The molecule has 1 heterocycles. The van der Waals surface area contributed by atoms with E-state index in [1.54, 1.807) is 0 Å². The van der Waals surface area contributed by atoms with E-state index < -0.39 is 59.5 Å². The van der Waals surface area contributed by atoms with Gasteiger partial charge in [0.15, 0.2) is 0 Å². The molecule has 5 atom stereocenters. The number of rotatable bonds is 8. The Kier molecular flexibility index (Phi) is 6.76. The third-order valence-electron chi connectivity index (χ3n) is 6.10. The number of piperidine rings is 1. The zero-order chi connectivity index (χ0) is 20.4. The molecule has 0 aromatic heterocycles. The molecular weight excluding hydrogens is 346 g/mol. The summed E-state index contributed by atoms with van der Waals surface area (Å²) in [7, 11) is 1.89. The zero-order valence-corrected chi connectivity index (χ0v) is 15.4. The third kappa shape index (κ3) is 4.32. The van der Waals surface area contributed by atoms with Crippen molar-refractivity contribution >= 4 is 23.9 Å². The van der Waals surface area contributed by atoms with E-state index in [9.17, 15) is 34.5 Å². The molecule has 1 saturated heterocycles. The predicted molar refractivity (Wildman–Crippen MR) is 89.6 cm³/mol. The number of likely N-dealkylation sites (tertiary alicyclic amines) is 1. The van der Waals surface area contributed by atoms with Crippen LogP contribution in [0.25, 0.3) is 0 Å². The van der Waals surface area contributed by atoms with Crippen molar-refractivity contribution in [2.75, 3.05) is 13.6 Å². The lowest BCUT2D eigenvalue weighted by atomic mass is 9.63. The van der Waals surface area contributed by atoms with E-state index in [-0.39, 0.29) is 5.92 Å². The van der Waals surface area contributed by atoms with Gasteiger partial charge in [0.05, 0.1) is 24.2 Å². The van der Waals surface area contributed by atoms with E-state index in [1.165, 1.54) is 0 Å². The van der Waals surface area contributed by atoms with E-state index in [1.807, 2.05) is 27.8 Å². The van der Waals surface area contributed by atoms with Crippen molar-refractivity contribution in [3.05, 3.63) is 0 Å². The molecule has 1 aliphatic rings. The second kappa shape index (κ2) is 8.03. The fraction of sp³-hybridized carbons (Fsp3) is 0.765. The molecule has 0 amide bonds. The highest BCUT2D eigenvalue weighted by atomic mass is 16.4. The van der Waals surface area contributed by atoms with Gasteiger partial charge in [-0.2, -0.15) is 0 Å². The first-order chi connectivity index (χ1) is 11.8. The molecule has 0 radical (unpaired) electrons. The van der Waals surface area contributed by atoms with Gasteiger partial charge in [-0.05, 0) is 45.7 Å². The van der Waals surface area contributed by atoms with Crippen LogP contribution >= 0.6 is 0 Å². The van der Waals surface area contributed by atoms with Crippen LogP contribution in [0.1, 0.15) is 33.6 Å². The van der Waals surface area contributed by atoms with Crippen LogP contribution in [0, 0.1) is 29.6 Å². The largest absolute Gasteiger partial charge is 0.481 e.